The van der Waals surface area contributed by atoms with Crippen molar-refractivity contribution in [2.45, 2.75) is 20.0 Å². The lowest BCUT2D eigenvalue weighted by Gasteiger charge is -2.35. The van der Waals surface area contributed by atoms with E-state index in [1.807, 2.05) is 26.0 Å². The first kappa shape index (κ1) is 13.7. The van der Waals surface area contributed by atoms with E-state index in [9.17, 15) is 9.59 Å². The van der Waals surface area contributed by atoms with Crippen molar-refractivity contribution in [1.82, 2.24) is 10.2 Å². The molecular weight excluding hydrogens is 270 g/mol. The molecule has 112 valence electrons. The van der Waals surface area contributed by atoms with Gasteiger partial charge in [0, 0.05) is 13.1 Å². The number of ether oxygens (including phenoxy) is 1. The number of anilines is 1. The second kappa shape index (κ2) is 5.27. The maximum absolute atomic E-state index is 11.6. The molecule has 3 rings (SSSR count). The monoisotopic (exact) mass is 289 g/mol. The minimum absolute atomic E-state index is 0.0864. The number of hydrogen-bond acceptors (Lipinski definition) is 4. The van der Waals surface area contributed by atoms with Gasteiger partial charge in [0.25, 0.3) is 0 Å². The van der Waals surface area contributed by atoms with Crippen LogP contribution in [-0.4, -0.2) is 49.1 Å². The third-order valence-electron chi connectivity index (χ3n) is 3.79. The van der Waals surface area contributed by atoms with Gasteiger partial charge in [-0.15, -0.1) is 0 Å². The van der Waals surface area contributed by atoms with Crippen LogP contribution in [0.1, 0.15) is 12.5 Å². The highest BCUT2D eigenvalue weighted by Crippen LogP contribution is 2.34. The molecule has 21 heavy (non-hydrogen) atoms. The summed E-state index contributed by atoms with van der Waals surface area (Å²) in [6.45, 7) is 5.92. The molecule has 0 spiro atoms. The van der Waals surface area contributed by atoms with Gasteiger partial charge in [-0.2, -0.15) is 0 Å². The molecule has 1 aromatic rings. The van der Waals surface area contributed by atoms with E-state index < -0.39 is 0 Å². The Kier molecular flexibility index (Phi) is 3.45. The molecular formula is C15H19N3O3. The molecule has 1 atom stereocenters. The fraction of sp³-hybridized carbons (Fsp3) is 0.467. The number of aryl methyl sites for hydroxylation is 1. The molecule has 0 radical (unpaired) electrons. The van der Waals surface area contributed by atoms with Crippen molar-refractivity contribution in [3.05, 3.63) is 23.8 Å². The van der Waals surface area contributed by atoms with Crippen LogP contribution >= 0.6 is 0 Å². The van der Waals surface area contributed by atoms with Crippen LogP contribution in [0.3, 0.4) is 0 Å². The maximum Gasteiger partial charge on any atom is 0.324 e. The van der Waals surface area contributed by atoms with Gasteiger partial charge >= 0.3 is 6.03 Å². The fourth-order valence-corrected chi connectivity index (χ4v) is 2.75. The first-order chi connectivity index (χ1) is 10.0. The molecule has 2 aliphatic heterocycles. The van der Waals surface area contributed by atoms with Crippen LogP contribution in [0.25, 0.3) is 0 Å². The van der Waals surface area contributed by atoms with Crippen LogP contribution in [0.5, 0.6) is 5.75 Å². The van der Waals surface area contributed by atoms with Crippen LogP contribution in [0.2, 0.25) is 0 Å². The van der Waals surface area contributed by atoms with E-state index in [0.717, 1.165) is 23.5 Å². The molecule has 1 unspecified atom stereocenters. The van der Waals surface area contributed by atoms with Gasteiger partial charge in [0.05, 0.1) is 18.8 Å². The summed E-state index contributed by atoms with van der Waals surface area (Å²) in [5, 5.41) is 2.54. The van der Waals surface area contributed by atoms with Gasteiger partial charge in [-0.05, 0) is 31.5 Å². The van der Waals surface area contributed by atoms with Gasteiger partial charge in [0.2, 0.25) is 5.91 Å². The van der Waals surface area contributed by atoms with Crippen molar-refractivity contribution in [2.75, 3.05) is 31.1 Å². The van der Waals surface area contributed by atoms with E-state index in [1.54, 1.807) is 0 Å². The number of fused-ring (bicyclic) bond motifs is 1. The average molecular weight is 289 g/mol. The van der Waals surface area contributed by atoms with Gasteiger partial charge in [-0.25, -0.2) is 4.79 Å². The Labute approximate surface area is 123 Å². The summed E-state index contributed by atoms with van der Waals surface area (Å²) >= 11 is 0. The first-order valence-corrected chi connectivity index (χ1v) is 7.15. The third-order valence-corrected chi connectivity index (χ3v) is 3.79. The van der Waals surface area contributed by atoms with Gasteiger partial charge in [0.1, 0.15) is 11.9 Å². The number of amides is 3. The van der Waals surface area contributed by atoms with Crippen LogP contribution in [0.15, 0.2) is 18.2 Å². The highest BCUT2D eigenvalue weighted by Gasteiger charge is 2.30. The van der Waals surface area contributed by atoms with E-state index in [4.69, 9.17) is 4.74 Å². The zero-order valence-corrected chi connectivity index (χ0v) is 12.3. The number of carbonyl (C=O) groups is 2. The molecule has 6 nitrogen and oxygen atoms in total. The zero-order chi connectivity index (χ0) is 15.0. The van der Waals surface area contributed by atoms with E-state index in [-0.39, 0.29) is 24.6 Å². The summed E-state index contributed by atoms with van der Waals surface area (Å²) in [7, 11) is 0. The Bertz CT molecular complexity index is 572. The molecule has 0 bridgehead atoms. The molecule has 1 fully saturated rings. The summed E-state index contributed by atoms with van der Waals surface area (Å²) in [4.78, 5) is 26.6. The van der Waals surface area contributed by atoms with E-state index in [1.165, 1.54) is 4.90 Å². The summed E-state index contributed by atoms with van der Waals surface area (Å²) < 4.78 is 5.83. The van der Waals surface area contributed by atoms with Crippen molar-refractivity contribution >= 4 is 17.6 Å². The molecule has 1 aromatic carbocycles. The number of urea groups is 1. The maximum atomic E-state index is 11.6. The summed E-state index contributed by atoms with van der Waals surface area (Å²) in [6, 6.07) is 5.77. The Morgan fingerprint density at radius 3 is 2.86 bits per heavy atom. The fourth-order valence-electron chi connectivity index (χ4n) is 2.75. The van der Waals surface area contributed by atoms with Crippen molar-refractivity contribution in [2.24, 2.45) is 0 Å². The van der Waals surface area contributed by atoms with Crippen molar-refractivity contribution in [3.8, 4) is 5.75 Å². The highest BCUT2D eigenvalue weighted by molar-refractivity contribution is 6.01. The van der Waals surface area contributed by atoms with Crippen molar-refractivity contribution in [3.63, 3.8) is 0 Å². The minimum atomic E-state index is -0.300. The summed E-state index contributed by atoms with van der Waals surface area (Å²) in [5.74, 6) is 0.697. The van der Waals surface area contributed by atoms with Gasteiger partial charge in [-0.1, -0.05) is 6.07 Å². The van der Waals surface area contributed by atoms with Gasteiger partial charge < -0.3 is 15.0 Å². The van der Waals surface area contributed by atoms with Gasteiger partial charge in [0.15, 0.2) is 0 Å². The summed E-state index contributed by atoms with van der Waals surface area (Å²) in [6.07, 6.45) is 0.0864. The molecule has 2 heterocycles. The van der Waals surface area contributed by atoms with E-state index in [0.29, 0.717) is 13.1 Å². The zero-order valence-electron chi connectivity index (χ0n) is 12.3. The molecule has 2 aliphatic rings. The highest BCUT2D eigenvalue weighted by atomic mass is 16.5. The minimum Gasteiger partial charge on any atom is -0.487 e. The Morgan fingerprint density at radius 2 is 2.14 bits per heavy atom. The molecule has 0 saturated carbocycles. The number of imide groups is 1. The number of nitrogens with zero attached hydrogens (tertiary/aromatic N) is 2. The van der Waals surface area contributed by atoms with Crippen molar-refractivity contribution in [1.29, 1.82) is 0 Å². The third kappa shape index (κ3) is 2.66. The topological polar surface area (TPSA) is 61.9 Å². The van der Waals surface area contributed by atoms with Crippen LogP contribution < -0.4 is 15.0 Å². The second-order valence-electron chi connectivity index (χ2n) is 5.55. The second-order valence-corrected chi connectivity index (χ2v) is 5.55. The summed E-state index contributed by atoms with van der Waals surface area (Å²) in [5.41, 5.74) is 2.19. The number of rotatable bonds is 3. The lowest BCUT2D eigenvalue weighted by Crippen LogP contribution is -2.44. The number of nitrogens with one attached hydrogen (secondary N) is 1. The van der Waals surface area contributed by atoms with Crippen LogP contribution in [-0.2, 0) is 4.79 Å². The van der Waals surface area contributed by atoms with Crippen LogP contribution in [0.4, 0.5) is 10.5 Å². The van der Waals surface area contributed by atoms with E-state index in [2.05, 4.69) is 16.3 Å². The lowest BCUT2D eigenvalue weighted by atomic mass is 10.1. The molecule has 6 heteroatoms. The molecule has 1 saturated heterocycles. The quantitative estimate of drug-likeness (QED) is 0.848. The molecule has 3 amide bonds. The van der Waals surface area contributed by atoms with Crippen LogP contribution in [0, 0.1) is 6.92 Å². The molecule has 0 aliphatic carbocycles. The molecule has 1 N–H and O–H groups in total. The number of benzene rings is 1. The van der Waals surface area contributed by atoms with Crippen molar-refractivity contribution < 1.29 is 14.3 Å². The Morgan fingerprint density at radius 1 is 1.33 bits per heavy atom. The number of carbonyl (C=O) groups excluding carboxylic acids is 2. The normalized spacial score (nSPS) is 21.1. The SMILES string of the molecule is Cc1ccc2c(c1)N(CCN1C(=O)CNC1=O)CC(C)O2. The standard InChI is InChI=1S/C15H19N3O3/c1-10-3-4-13-12(7-10)17(9-11(2)21-13)5-6-18-14(19)8-16-15(18)20/h3-4,7,11H,5-6,8-9H2,1-2H3,(H,16,20). The lowest BCUT2D eigenvalue weighted by molar-refractivity contribution is -0.124. The Balaban J connectivity index is 1.75. The Hall–Kier alpha value is -2.24. The largest absolute Gasteiger partial charge is 0.487 e. The predicted molar refractivity (Wildman–Crippen MR) is 78.6 cm³/mol. The smallest absolute Gasteiger partial charge is 0.324 e. The number of hydrogen-bond donors (Lipinski definition) is 1. The predicted octanol–water partition coefficient (Wildman–Crippen LogP) is 1.13. The average Bonchev–Trinajstić information content (AvgIpc) is 2.76. The van der Waals surface area contributed by atoms with E-state index >= 15 is 0 Å². The first-order valence-electron chi connectivity index (χ1n) is 7.15. The van der Waals surface area contributed by atoms with Gasteiger partial charge in [-0.3, -0.25) is 9.69 Å². The molecule has 0 aromatic heterocycles.